The van der Waals surface area contributed by atoms with E-state index in [0.29, 0.717) is 19.3 Å². The summed E-state index contributed by atoms with van der Waals surface area (Å²) in [5.41, 5.74) is 0. The van der Waals surface area contributed by atoms with Crippen molar-refractivity contribution in [2.45, 2.75) is 64.2 Å². The highest BCUT2D eigenvalue weighted by molar-refractivity contribution is 7.86. The Morgan fingerprint density at radius 2 is 1.43 bits per heavy atom. The number of hydrogen-bond donors (Lipinski definition) is 0. The molecule has 0 spiro atoms. The van der Waals surface area contributed by atoms with E-state index in [-0.39, 0.29) is 23.0 Å². The number of hydrogen-bond acceptors (Lipinski definition) is 6. The van der Waals surface area contributed by atoms with Crippen molar-refractivity contribution < 1.29 is 26.6 Å². The van der Waals surface area contributed by atoms with Crippen molar-refractivity contribution in [2.24, 2.45) is 11.8 Å². The van der Waals surface area contributed by atoms with Gasteiger partial charge in [-0.2, -0.15) is 8.42 Å². The lowest BCUT2D eigenvalue weighted by Gasteiger charge is -2.49. The number of benzene rings is 2. The van der Waals surface area contributed by atoms with E-state index in [1.54, 1.807) is 0 Å². The molecule has 0 unspecified atom stereocenters. The number of carbonyl (C=O) groups excluding carboxylic acids is 1. The Kier molecular flexibility index (Phi) is 8.63. The summed E-state index contributed by atoms with van der Waals surface area (Å²) in [6, 6.07) is 20.6. The van der Waals surface area contributed by atoms with E-state index >= 15 is 0 Å². The van der Waals surface area contributed by atoms with Crippen LogP contribution in [-0.2, 0) is 28.3 Å². The Balaban J connectivity index is 2.18. The molecule has 2 aromatic rings. The lowest BCUT2D eigenvalue weighted by atomic mass is 9.76. The van der Waals surface area contributed by atoms with Crippen molar-refractivity contribution >= 4 is 34.8 Å². The maximum atomic E-state index is 12.6. The number of ether oxygens (including phenoxy) is 1. The van der Waals surface area contributed by atoms with Gasteiger partial charge in [0.05, 0.1) is 31.5 Å². The molecule has 1 saturated carbocycles. The molecule has 8 heteroatoms. The molecule has 0 bridgehead atoms. The van der Waals surface area contributed by atoms with Gasteiger partial charge in [0.15, 0.2) is 0 Å². The second kappa shape index (κ2) is 10.9. The van der Waals surface area contributed by atoms with Crippen LogP contribution in [0.2, 0.25) is 5.04 Å². The average Bonchev–Trinajstić information content (AvgIpc) is 2.81. The third-order valence-electron chi connectivity index (χ3n) is 7.04. The zero-order valence-corrected chi connectivity index (χ0v) is 23.4. The summed E-state index contributed by atoms with van der Waals surface area (Å²) in [6.45, 7) is 8.62. The van der Waals surface area contributed by atoms with E-state index in [4.69, 9.17) is 13.3 Å². The van der Waals surface area contributed by atoms with Gasteiger partial charge >= 0.3 is 5.97 Å². The second-order valence-electron chi connectivity index (χ2n) is 10.4. The van der Waals surface area contributed by atoms with Gasteiger partial charge < -0.3 is 9.16 Å². The molecule has 2 aromatic carbocycles. The van der Waals surface area contributed by atoms with Gasteiger partial charge in [-0.05, 0) is 34.7 Å². The fourth-order valence-electron chi connectivity index (χ4n) is 5.52. The first kappa shape index (κ1) is 27.6. The molecule has 35 heavy (non-hydrogen) atoms. The van der Waals surface area contributed by atoms with Crippen molar-refractivity contribution in [3.05, 3.63) is 60.7 Å². The molecular formula is C27H38O6SSi. The van der Waals surface area contributed by atoms with Crippen LogP contribution in [0.3, 0.4) is 0 Å². The lowest BCUT2D eigenvalue weighted by molar-refractivity contribution is -0.151. The maximum Gasteiger partial charge on any atom is 0.308 e. The topological polar surface area (TPSA) is 78.9 Å². The highest BCUT2D eigenvalue weighted by atomic mass is 32.2. The highest BCUT2D eigenvalue weighted by Crippen LogP contribution is 2.43. The van der Waals surface area contributed by atoms with Crippen LogP contribution in [0.15, 0.2) is 60.7 Å². The summed E-state index contributed by atoms with van der Waals surface area (Å²) < 4.78 is 42.2. The van der Waals surface area contributed by atoms with Gasteiger partial charge in [0.2, 0.25) is 0 Å². The molecule has 6 nitrogen and oxygen atoms in total. The molecule has 4 atom stereocenters. The number of carbonyl (C=O) groups is 1. The first-order valence-corrected chi connectivity index (χ1v) is 15.9. The third kappa shape index (κ3) is 6.05. The van der Waals surface area contributed by atoms with E-state index in [1.807, 2.05) is 43.3 Å². The van der Waals surface area contributed by atoms with Crippen molar-refractivity contribution in [3.63, 3.8) is 0 Å². The van der Waals surface area contributed by atoms with E-state index in [9.17, 15) is 13.2 Å². The van der Waals surface area contributed by atoms with Gasteiger partial charge in [0.1, 0.15) is 0 Å². The van der Waals surface area contributed by atoms with Crippen molar-refractivity contribution in [1.29, 1.82) is 0 Å². The highest BCUT2D eigenvalue weighted by Gasteiger charge is 2.54. The molecule has 1 fully saturated rings. The molecule has 0 heterocycles. The van der Waals surface area contributed by atoms with Crippen molar-refractivity contribution in [2.75, 3.05) is 13.4 Å². The fraction of sp³-hybridized carbons (Fsp3) is 0.519. The van der Waals surface area contributed by atoms with Gasteiger partial charge in [-0.25, -0.2) is 0 Å². The first-order valence-electron chi connectivity index (χ1n) is 12.2. The molecule has 192 valence electrons. The van der Waals surface area contributed by atoms with Crippen LogP contribution in [0.4, 0.5) is 0 Å². The van der Waals surface area contributed by atoms with Gasteiger partial charge in [0.25, 0.3) is 18.4 Å². The molecule has 0 N–H and O–H groups in total. The van der Waals surface area contributed by atoms with Crippen LogP contribution in [0.1, 0.15) is 47.0 Å². The minimum absolute atomic E-state index is 0.188. The van der Waals surface area contributed by atoms with Gasteiger partial charge in [-0.15, -0.1) is 0 Å². The zero-order valence-electron chi connectivity index (χ0n) is 21.6. The van der Waals surface area contributed by atoms with E-state index in [0.717, 1.165) is 16.6 Å². The van der Waals surface area contributed by atoms with Crippen molar-refractivity contribution in [3.8, 4) is 0 Å². The molecular weight excluding hydrogens is 480 g/mol. The van der Waals surface area contributed by atoms with Crippen molar-refractivity contribution in [1.82, 2.24) is 0 Å². The Morgan fingerprint density at radius 3 is 1.83 bits per heavy atom. The monoisotopic (exact) mass is 518 g/mol. The molecule has 0 aliphatic heterocycles. The number of esters is 1. The average molecular weight is 519 g/mol. The summed E-state index contributed by atoms with van der Waals surface area (Å²) in [4.78, 5) is 12.6. The van der Waals surface area contributed by atoms with Gasteiger partial charge in [0, 0.05) is 5.92 Å². The molecule has 1 aliphatic carbocycles. The molecule has 0 saturated heterocycles. The summed E-state index contributed by atoms with van der Waals surface area (Å²) in [5.74, 6) is -1.05. The summed E-state index contributed by atoms with van der Waals surface area (Å²) in [6.07, 6.45) is 1.43. The van der Waals surface area contributed by atoms with Crippen LogP contribution in [0.25, 0.3) is 0 Å². The van der Waals surface area contributed by atoms with Crippen LogP contribution in [0, 0.1) is 11.8 Å². The Morgan fingerprint density at radius 1 is 0.943 bits per heavy atom. The largest absolute Gasteiger partial charge is 0.469 e. The lowest BCUT2D eigenvalue weighted by Crippen LogP contribution is -2.69. The molecule has 0 aromatic heterocycles. The summed E-state index contributed by atoms with van der Waals surface area (Å²) >= 11 is 0. The molecule has 3 rings (SSSR count). The minimum atomic E-state index is -3.72. The zero-order chi connectivity index (χ0) is 25.9. The summed E-state index contributed by atoms with van der Waals surface area (Å²) in [7, 11) is -5.27. The van der Waals surface area contributed by atoms with Gasteiger partial charge in [-0.1, -0.05) is 88.4 Å². The molecule has 0 amide bonds. The van der Waals surface area contributed by atoms with E-state index < -0.39 is 30.5 Å². The molecule has 0 radical (unpaired) electrons. The fourth-order valence-corrected chi connectivity index (χ4v) is 10.9. The Hall–Kier alpha value is -2.00. The van der Waals surface area contributed by atoms with E-state index in [1.165, 1.54) is 7.11 Å². The summed E-state index contributed by atoms with van der Waals surface area (Å²) in [5, 5.41) is 2.02. The number of rotatable bonds is 8. The predicted octanol–water partition coefficient (Wildman–Crippen LogP) is 3.89. The normalized spacial score (nSPS) is 23.6. The standard InChI is InChI=1S/C27H38O6SSi/c1-7-23-24(32-34(6,29)30)18-20(26(28)31-5)19-25(23)33-35(27(2,3)4,21-14-10-8-11-15-21)22-16-12-9-13-17-22/h8-17,20,23-25H,7,18-19H2,1-6H3/t20-,23-,24+,25-/m0/s1. The maximum absolute atomic E-state index is 12.6. The quantitative estimate of drug-likeness (QED) is 0.300. The first-order chi connectivity index (χ1) is 16.4. The Bertz CT molecular complexity index is 1040. The van der Waals surface area contributed by atoms with Crippen LogP contribution < -0.4 is 10.4 Å². The van der Waals surface area contributed by atoms with Crippen LogP contribution in [-0.4, -0.2) is 48.3 Å². The van der Waals surface area contributed by atoms with Crippen LogP contribution in [0.5, 0.6) is 0 Å². The smallest absolute Gasteiger partial charge is 0.308 e. The SMILES string of the molecule is CC[C@@H]1[C@@H](O[Si](c2ccccc2)(c2ccccc2)C(C)(C)C)C[C@@H](C(=O)OC)C[C@H]1OS(C)(=O)=O. The van der Waals surface area contributed by atoms with Gasteiger partial charge in [-0.3, -0.25) is 8.98 Å². The second-order valence-corrected chi connectivity index (χ2v) is 16.3. The Labute approximate surface area is 211 Å². The molecule has 1 aliphatic rings. The predicted molar refractivity (Wildman–Crippen MR) is 141 cm³/mol. The van der Waals surface area contributed by atoms with Crippen LogP contribution >= 0.6 is 0 Å². The minimum Gasteiger partial charge on any atom is -0.469 e. The number of methoxy groups -OCH3 is 1. The van der Waals surface area contributed by atoms with E-state index in [2.05, 4.69) is 45.0 Å². The third-order valence-corrected chi connectivity index (χ3v) is 12.7.